The number of benzene rings is 2. The molecule has 1 atom stereocenters. The Kier molecular flexibility index (Phi) is 6.09. The lowest BCUT2D eigenvalue weighted by molar-refractivity contribution is -0.132. The molecule has 0 bridgehead atoms. The number of carbonyl (C=O) groups is 2. The molecule has 0 radical (unpaired) electrons. The minimum absolute atomic E-state index is 0.160. The third-order valence-electron chi connectivity index (χ3n) is 4.76. The summed E-state index contributed by atoms with van der Waals surface area (Å²) in [7, 11) is 0. The summed E-state index contributed by atoms with van der Waals surface area (Å²) in [5.74, 6) is 1.13. The molecular weight excluding hydrogens is 380 g/mol. The van der Waals surface area contributed by atoms with Gasteiger partial charge in [0.15, 0.2) is 0 Å². The molecule has 1 aliphatic heterocycles. The first-order valence-corrected chi connectivity index (χ1v) is 9.63. The standard InChI is InChI=1S/C21H23ClN2O4/c1-3-21(15-5-7-16(22)8-6-15)19(25)24(20(26)23-21)13-14-28-18-11-9-17(10-12-18)27-4-2/h5-12H,3-4,13-14H2,1-2H3,(H,23,26). The zero-order chi connectivity index (χ0) is 20.1. The fourth-order valence-electron chi connectivity index (χ4n) is 3.26. The molecule has 7 heteroatoms. The number of urea groups is 1. The van der Waals surface area contributed by atoms with Crippen LogP contribution in [0, 0.1) is 0 Å². The monoisotopic (exact) mass is 402 g/mol. The van der Waals surface area contributed by atoms with E-state index in [0.717, 1.165) is 5.75 Å². The lowest BCUT2D eigenvalue weighted by Crippen LogP contribution is -2.43. The molecule has 6 nitrogen and oxygen atoms in total. The highest BCUT2D eigenvalue weighted by Gasteiger charge is 2.50. The number of halogens is 1. The second-order valence-electron chi connectivity index (χ2n) is 6.41. The summed E-state index contributed by atoms with van der Waals surface area (Å²) in [6, 6.07) is 13.8. The Bertz CT molecular complexity index is 838. The van der Waals surface area contributed by atoms with Crippen LogP contribution in [0.15, 0.2) is 48.5 Å². The predicted octanol–water partition coefficient (Wildman–Crippen LogP) is 3.97. The van der Waals surface area contributed by atoms with Crippen LogP contribution in [0.5, 0.6) is 11.5 Å². The van der Waals surface area contributed by atoms with Crippen LogP contribution in [0.1, 0.15) is 25.8 Å². The molecule has 1 saturated heterocycles. The molecule has 3 rings (SSSR count). The number of carbonyl (C=O) groups excluding carboxylic acids is 2. The summed E-state index contributed by atoms with van der Waals surface area (Å²) in [5, 5.41) is 3.42. The first kappa shape index (κ1) is 20.0. The first-order chi connectivity index (χ1) is 13.5. The molecule has 1 N–H and O–H groups in total. The second kappa shape index (κ2) is 8.52. The first-order valence-electron chi connectivity index (χ1n) is 9.26. The fraction of sp³-hybridized carbons (Fsp3) is 0.333. The molecule has 0 aliphatic carbocycles. The van der Waals surface area contributed by atoms with Crippen LogP contribution in [0.4, 0.5) is 4.79 Å². The number of imide groups is 1. The summed E-state index contributed by atoms with van der Waals surface area (Å²) in [6.45, 7) is 4.75. The van der Waals surface area contributed by atoms with Crippen LogP contribution in [-0.2, 0) is 10.3 Å². The van der Waals surface area contributed by atoms with E-state index in [9.17, 15) is 9.59 Å². The van der Waals surface area contributed by atoms with Gasteiger partial charge in [-0.2, -0.15) is 0 Å². The number of rotatable bonds is 8. The minimum Gasteiger partial charge on any atom is -0.494 e. The molecule has 1 aliphatic rings. The topological polar surface area (TPSA) is 67.9 Å². The summed E-state index contributed by atoms with van der Waals surface area (Å²) in [4.78, 5) is 26.7. The van der Waals surface area contributed by atoms with E-state index in [1.54, 1.807) is 36.4 Å². The van der Waals surface area contributed by atoms with Gasteiger partial charge < -0.3 is 14.8 Å². The third-order valence-corrected chi connectivity index (χ3v) is 5.01. The van der Waals surface area contributed by atoms with E-state index in [0.29, 0.717) is 29.4 Å². The zero-order valence-electron chi connectivity index (χ0n) is 15.9. The molecule has 3 amide bonds. The SMILES string of the molecule is CCOc1ccc(OCCN2C(=O)NC(CC)(c3ccc(Cl)cc3)C2=O)cc1. The van der Waals surface area contributed by atoms with Gasteiger partial charge in [-0.3, -0.25) is 9.69 Å². The molecule has 0 aromatic heterocycles. The van der Waals surface area contributed by atoms with E-state index in [1.807, 2.05) is 26.0 Å². The van der Waals surface area contributed by atoms with Crippen LogP contribution in [0.2, 0.25) is 5.02 Å². The van der Waals surface area contributed by atoms with Crippen LogP contribution >= 0.6 is 11.6 Å². The number of amides is 3. The number of ether oxygens (including phenoxy) is 2. The highest BCUT2D eigenvalue weighted by Crippen LogP contribution is 2.33. The van der Waals surface area contributed by atoms with Crippen molar-refractivity contribution in [1.82, 2.24) is 10.2 Å². The largest absolute Gasteiger partial charge is 0.494 e. The summed E-state index contributed by atoms with van der Waals surface area (Å²) in [6.07, 6.45) is 0.440. The lowest BCUT2D eigenvalue weighted by Gasteiger charge is -2.25. The van der Waals surface area contributed by atoms with Crippen LogP contribution in [-0.4, -0.2) is 36.6 Å². The third kappa shape index (κ3) is 3.92. The molecule has 148 valence electrons. The Morgan fingerprint density at radius 2 is 1.57 bits per heavy atom. The molecule has 0 saturated carbocycles. The summed E-state index contributed by atoms with van der Waals surface area (Å²) >= 11 is 5.95. The average molecular weight is 403 g/mol. The Labute approximate surface area is 169 Å². The van der Waals surface area contributed by atoms with Gasteiger partial charge in [0.1, 0.15) is 23.6 Å². The second-order valence-corrected chi connectivity index (χ2v) is 6.84. The molecule has 1 unspecified atom stereocenters. The molecule has 0 spiro atoms. The normalized spacial score (nSPS) is 18.9. The average Bonchev–Trinajstić information content (AvgIpc) is 2.95. The van der Waals surface area contributed by atoms with Crippen molar-refractivity contribution in [1.29, 1.82) is 0 Å². The molecule has 1 heterocycles. The van der Waals surface area contributed by atoms with Gasteiger partial charge >= 0.3 is 6.03 Å². The summed E-state index contributed by atoms with van der Waals surface area (Å²) < 4.78 is 11.1. The van der Waals surface area contributed by atoms with Gasteiger partial charge in [-0.05, 0) is 55.3 Å². The molecule has 28 heavy (non-hydrogen) atoms. The highest BCUT2D eigenvalue weighted by molar-refractivity contribution is 6.30. The molecular formula is C21H23ClN2O4. The maximum Gasteiger partial charge on any atom is 0.325 e. The smallest absolute Gasteiger partial charge is 0.325 e. The van der Waals surface area contributed by atoms with Crippen molar-refractivity contribution in [3.63, 3.8) is 0 Å². The Morgan fingerprint density at radius 1 is 0.964 bits per heavy atom. The fourth-order valence-corrected chi connectivity index (χ4v) is 3.38. The number of nitrogens with one attached hydrogen (secondary N) is 1. The highest BCUT2D eigenvalue weighted by atomic mass is 35.5. The zero-order valence-corrected chi connectivity index (χ0v) is 16.7. The molecule has 2 aromatic rings. The predicted molar refractivity (Wildman–Crippen MR) is 107 cm³/mol. The van der Waals surface area contributed by atoms with E-state index < -0.39 is 11.6 Å². The van der Waals surface area contributed by atoms with Gasteiger partial charge in [-0.1, -0.05) is 30.7 Å². The number of nitrogens with zero attached hydrogens (tertiary/aromatic N) is 1. The van der Waals surface area contributed by atoms with E-state index in [-0.39, 0.29) is 19.1 Å². The Morgan fingerprint density at radius 3 is 2.14 bits per heavy atom. The Balaban J connectivity index is 1.65. The van der Waals surface area contributed by atoms with Crippen molar-refractivity contribution in [3.8, 4) is 11.5 Å². The van der Waals surface area contributed by atoms with Crippen LogP contribution in [0.25, 0.3) is 0 Å². The molecule has 2 aromatic carbocycles. The van der Waals surface area contributed by atoms with E-state index in [4.69, 9.17) is 21.1 Å². The van der Waals surface area contributed by atoms with Gasteiger partial charge in [0.05, 0.1) is 13.2 Å². The maximum absolute atomic E-state index is 13.1. The van der Waals surface area contributed by atoms with E-state index in [2.05, 4.69) is 5.32 Å². The number of hydrogen-bond donors (Lipinski definition) is 1. The van der Waals surface area contributed by atoms with Crippen molar-refractivity contribution in [2.24, 2.45) is 0 Å². The number of hydrogen-bond acceptors (Lipinski definition) is 4. The van der Waals surface area contributed by atoms with Crippen molar-refractivity contribution in [3.05, 3.63) is 59.1 Å². The van der Waals surface area contributed by atoms with Gasteiger partial charge in [0, 0.05) is 5.02 Å². The van der Waals surface area contributed by atoms with Crippen molar-refractivity contribution < 1.29 is 19.1 Å². The van der Waals surface area contributed by atoms with E-state index >= 15 is 0 Å². The lowest BCUT2D eigenvalue weighted by atomic mass is 9.87. The van der Waals surface area contributed by atoms with Crippen molar-refractivity contribution in [2.75, 3.05) is 19.8 Å². The van der Waals surface area contributed by atoms with Crippen LogP contribution < -0.4 is 14.8 Å². The molecule has 1 fully saturated rings. The van der Waals surface area contributed by atoms with Gasteiger partial charge in [-0.15, -0.1) is 0 Å². The van der Waals surface area contributed by atoms with Gasteiger partial charge in [-0.25, -0.2) is 4.79 Å². The van der Waals surface area contributed by atoms with E-state index in [1.165, 1.54) is 4.90 Å². The van der Waals surface area contributed by atoms with Crippen LogP contribution in [0.3, 0.4) is 0 Å². The van der Waals surface area contributed by atoms with Crippen molar-refractivity contribution >= 4 is 23.5 Å². The minimum atomic E-state index is -1.07. The summed E-state index contributed by atoms with van der Waals surface area (Å²) in [5.41, 5.74) is -0.353. The Hall–Kier alpha value is -2.73. The van der Waals surface area contributed by atoms with Gasteiger partial charge in [0.25, 0.3) is 5.91 Å². The maximum atomic E-state index is 13.1. The van der Waals surface area contributed by atoms with Crippen molar-refractivity contribution in [2.45, 2.75) is 25.8 Å². The van der Waals surface area contributed by atoms with Gasteiger partial charge in [0.2, 0.25) is 0 Å². The quantitative estimate of drug-likeness (QED) is 0.678.